The van der Waals surface area contributed by atoms with Crippen molar-refractivity contribution in [1.29, 1.82) is 0 Å². The summed E-state index contributed by atoms with van der Waals surface area (Å²) in [4.78, 5) is 16.8. The van der Waals surface area contributed by atoms with E-state index in [-0.39, 0.29) is 18.2 Å². The summed E-state index contributed by atoms with van der Waals surface area (Å²) in [6.07, 6.45) is 5.15. The Morgan fingerprint density at radius 1 is 1.03 bits per heavy atom. The van der Waals surface area contributed by atoms with Crippen molar-refractivity contribution in [1.82, 2.24) is 20.4 Å². The highest BCUT2D eigenvalue weighted by molar-refractivity contribution is 7.80. The third-order valence-electron chi connectivity index (χ3n) is 5.61. The number of nitrogens with one attached hydrogen (secondary N) is 2. The number of rotatable bonds is 6. The van der Waals surface area contributed by atoms with Crippen LogP contribution in [-0.4, -0.2) is 59.3 Å². The molecule has 180 valence electrons. The molecule has 1 heterocycles. The second kappa shape index (κ2) is 11.9. The van der Waals surface area contributed by atoms with Gasteiger partial charge < -0.3 is 20.3 Å². The maximum Gasteiger partial charge on any atom is 0.410 e. The van der Waals surface area contributed by atoms with E-state index in [1.165, 1.54) is 5.56 Å². The largest absolute Gasteiger partial charge is 0.444 e. The van der Waals surface area contributed by atoms with Gasteiger partial charge in [-0.15, -0.1) is 6.42 Å². The molecule has 0 radical (unpaired) electrons. The van der Waals surface area contributed by atoms with E-state index in [2.05, 4.69) is 57.9 Å². The summed E-state index contributed by atoms with van der Waals surface area (Å²) in [5.41, 5.74) is 1.79. The maximum absolute atomic E-state index is 12.6. The van der Waals surface area contributed by atoms with E-state index in [9.17, 15) is 4.79 Å². The van der Waals surface area contributed by atoms with Gasteiger partial charge >= 0.3 is 6.09 Å². The van der Waals surface area contributed by atoms with Crippen molar-refractivity contribution in [3.63, 3.8) is 0 Å². The average molecular weight is 479 g/mol. The molecule has 2 aromatic carbocycles. The lowest BCUT2D eigenvalue weighted by molar-refractivity contribution is 0.00827. The van der Waals surface area contributed by atoms with Crippen LogP contribution in [0.4, 0.5) is 4.79 Å². The minimum Gasteiger partial charge on any atom is -0.444 e. The number of piperazine rings is 1. The van der Waals surface area contributed by atoms with E-state index in [4.69, 9.17) is 23.4 Å². The highest BCUT2D eigenvalue weighted by Gasteiger charge is 2.34. The molecule has 1 saturated heterocycles. The number of terminal acetylenes is 1. The number of benzene rings is 2. The first kappa shape index (κ1) is 25.5. The van der Waals surface area contributed by atoms with Crippen molar-refractivity contribution in [2.24, 2.45) is 0 Å². The van der Waals surface area contributed by atoms with Crippen molar-refractivity contribution in [2.45, 2.75) is 38.5 Å². The molecular formula is C27H34N4O2S. The number of ether oxygens (including phenoxy) is 1. The summed E-state index contributed by atoms with van der Waals surface area (Å²) in [5.74, 6) is 2.57. The molecular weight excluding hydrogens is 444 g/mol. The quantitative estimate of drug-likeness (QED) is 0.481. The number of nitrogens with zero attached hydrogens (tertiary/aromatic N) is 2. The molecule has 2 aromatic rings. The second-order valence-corrected chi connectivity index (χ2v) is 9.69. The van der Waals surface area contributed by atoms with Crippen LogP contribution in [0.1, 0.15) is 44.0 Å². The summed E-state index contributed by atoms with van der Waals surface area (Å²) in [5, 5.41) is 7.10. The predicted octanol–water partition coefficient (Wildman–Crippen LogP) is 4.12. The molecule has 0 aliphatic carbocycles. The Kier molecular flexibility index (Phi) is 8.91. The van der Waals surface area contributed by atoms with Crippen molar-refractivity contribution in [2.75, 3.05) is 32.7 Å². The van der Waals surface area contributed by atoms with Crippen LogP contribution in [-0.2, 0) is 4.74 Å². The Hall–Kier alpha value is -3.08. The highest BCUT2D eigenvalue weighted by atomic mass is 32.1. The molecule has 0 unspecified atom stereocenters. The molecule has 0 saturated carbocycles. The molecule has 1 amide bonds. The molecule has 3 rings (SSSR count). The van der Waals surface area contributed by atoms with Gasteiger partial charge in [0, 0.05) is 26.2 Å². The lowest BCUT2D eigenvalue weighted by Gasteiger charge is -2.43. The number of amides is 1. The fraction of sp³-hybridized carbons (Fsp3) is 0.407. The van der Waals surface area contributed by atoms with Crippen LogP contribution in [0.3, 0.4) is 0 Å². The van der Waals surface area contributed by atoms with E-state index < -0.39 is 5.60 Å². The fourth-order valence-electron chi connectivity index (χ4n) is 4.10. The van der Waals surface area contributed by atoms with Gasteiger partial charge in [0.05, 0.1) is 18.6 Å². The van der Waals surface area contributed by atoms with Crippen molar-refractivity contribution in [3.8, 4) is 12.3 Å². The van der Waals surface area contributed by atoms with Crippen LogP contribution in [0.5, 0.6) is 0 Å². The van der Waals surface area contributed by atoms with Gasteiger partial charge in [0.1, 0.15) is 5.60 Å². The topological polar surface area (TPSA) is 56.8 Å². The normalized spacial score (nSPS) is 16.1. The second-order valence-electron chi connectivity index (χ2n) is 9.28. The number of hydrogen-bond donors (Lipinski definition) is 2. The molecule has 0 bridgehead atoms. The zero-order valence-electron chi connectivity index (χ0n) is 20.2. The molecule has 2 atom stereocenters. The van der Waals surface area contributed by atoms with Gasteiger partial charge in [0.15, 0.2) is 5.11 Å². The molecule has 0 aromatic heterocycles. The Bertz CT molecular complexity index is 977. The molecule has 34 heavy (non-hydrogen) atoms. The lowest BCUT2D eigenvalue weighted by atomic mass is 9.91. The lowest BCUT2D eigenvalue weighted by Crippen LogP contribution is -2.53. The summed E-state index contributed by atoms with van der Waals surface area (Å²) in [6.45, 7) is 8.65. The third kappa shape index (κ3) is 7.21. The van der Waals surface area contributed by atoms with Crippen LogP contribution in [0.2, 0.25) is 0 Å². The van der Waals surface area contributed by atoms with E-state index in [0.29, 0.717) is 37.8 Å². The smallest absolute Gasteiger partial charge is 0.410 e. The van der Waals surface area contributed by atoms with Crippen LogP contribution >= 0.6 is 12.2 Å². The maximum atomic E-state index is 12.6. The van der Waals surface area contributed by atoms with Crippen molar-refractivity contribution in [3.05, 3.63) is 71.8 Å². The number of thiocarbonyl (C=S) groups is 1. The van der Waals surface area contributed by atoms with E-state index in [0.717, 1.165) is 5.56 Å². The Morgan fingerprint density at radius 2 is 1.59 bits per heavy atom. The predicted molar refractivity (Wildman–Crippen MR) is 140 cm³/mol. The highest BCUT2D eigenvalue weighted by Crippen LogP contribution is 2.35. The molecule has 1 aliphatic heterocycles. The molecule has 1 fully saturated rings. The Labute approximate surface area is 208 Å². The van der Waals surface area contributed by atoms with Crippen molar-refractivity contribution >= 4 is 23.4 Å². The SMILES string of the molecule is C#CCNC(=S)N[C@H](c1ccccc1)[C@H](c1ccccc1)N1CCN(C(=O)OC(C)(C)C)CC1. The van der Waals surface area contributed by atoms with E-state index >= 15 is 0 Å². The Balaban J connectivity index is 1.86. The van der Waals surface area contributed by atoms with Gasteiger partial charge in [-0.05, 0) is 44.1 Å². The average Bonchev–Trinajstić information content (AvgIpc) is 2.83. The number of carbonyl (C=O) groups is 1. The first-order valence-electron chi connectivity index (χ1n) is 11.6. The first-order chi connectivity index (χ1) is 16.3. The third-order valence-corrected chi connectivity index (χ3v) is 5.87. The van der Waals surface area contributed by atoms with Gasteiger partial charge in [0.25, 0.3) is 0 Å². The zero-order valence-corrected chi connectivity index (χ0v) is 21.0. The van der Waals surface area contributed by atoms with Crippen LogP contribution in [0.15, 0.2) is 60.7 Å². The van der Waals surface area contributed by atoms with Gasteiger partial charge in [-0.25, -0.2) is 4.79 Å². The Morgan fingerprint density at radius 3 is 2.12 bits per heavy atom. The molecule has 7 heteroatoms. The summed E-state index contributed by atoms with van der Waals surface area (Å²) >= 11 is 5.56. The molecule has 6 nitrogen and oxygen atoms in total. The minimum absolute atomic E-state index is 0.00466. The van der Waals surface area contributed by atoms with Gasteiger partial charge in [-0.1, -0.05) is 66.6 Å². The van der Waals surface area contributed by atoms with E-state index in [1.54, 1.807) is 4.90 Å². The molecule has 2 N–H and O–H groups in total. The minimum atomic E-state index is -0.510. The zero-order chi connectivity index (χ0) is 24.6. The van der Waals surface area contributed by atoms with Crippen LogP contribution in [0, 0.1) is 12.3 Å². The number of carbonyl (C=O) groups excluding carboxylic acids is 1. The van der Waals surface area contributed by atoms with Crippen molar-refractivity contribution < 1.29 is 9.53 Å². The summed E-state index contributed by atoms with van der Waals surface area (Å²) in [6, 6.07) is 20.6. The summed E-state index contributed by atoms with van der Waals surface area (Å²) < 4.78 is 5.58. The summed E-state index contributed by atoms with van der Waals surface area (Å²) in [7, 11) is 0. The number of hydrogen-bond acceptors (Lipinski definition) is 4. The van der Waals surface area contributed by atoms with Gasteiger partial charge in [-0.3, -0.25) is 4.90 Å². The molecule has 0 spiro atoms. The van der Waals surface area contributed by atoms with Crippen LogP contribution in [0.25, 0.3) is 0 Å². The molecule has 1 aliphatic rings. The fourth-order valence-corrected chi connectivity index (χ4v) is 4.30. The first-order valence-corrected chi connectivity index (χ1v) is 12.0. The van der Waals surface area contributed by atoms with Gasteiger partial charge in [-0.2, -0.15) is 0 Å². The van der Waals surface area contributed by atoms with E-state index in [1.807, 2.05) is 45.0 Å². The monoisotopic (exact) mass is 478 g/mol. The standard InChI is InChI=1S/C27H34N4O2S/c1-5-16-28-25(34)29-23(21-12-8-6-9-13-21)24(22-14-10-7-11-15-22)30-17-19-31(20-18-30)26(32)33-27(2,3)4/h1,6-15,23-24H,16-20H2,2-4H3,(H2,28,29,34)/t23-,24+/m1/s1. The van der Waals surface area contributed by atoms with Gasteiger partial charge in [0.2, 0.25) is 0 Å². The van der Waals surface area contributed by atoms with Crippen LogP contribution < -0.4 is 10.6 Å².